The Morgan fingerprint density at radius 1 is 1.33 bits per heavy atom. The summed E-state index contributed by atoms with van der Waals surface area (Å²) in [4.78, 5) is 0. The van der Waals surface area contributed by atoms with E-state index < -0.39 is 0 Å². The van der Waals surface area contributed by atoms with Crippen LogP contribution in [-0.2, 0) is 0 Å². The number of ether oxygens (including phenoxy) is 1. The Morgan fingerprint density at radius 3 is 2.89 bits per heavy atom. The molecule has 1 aromatic carbocycles. The van der Waals surface area contributed by atoms with Crippen molar-refractivity contribution in [3.63, 3.8) is 0 Å². The summed E-state index contributed by atoms with van der Waals surface area (Å²) in [5.41, 5.74) is 1.72. The van der Waals surface area contributed by atoms with Gasteiger partial charge < -0.3 is 14.6 Å². The highest BCUT2D eigenvalue weighted by Gasteiger charge is 2.15. The highest BCUT2D eigenvalue weighted by atomic mass is 35.5. The van der Waals surface area contributed by atoms with Gasteiger partial charge in [-0.1, -0.05) is 5.16 Å². The van der Waals surface area contributed by atoms with Gasteiger partial charge in [-0.25, -0.2) is 0 Å². The van der Waals surface area contributed by atoms with Gasteiger partial charge in [-0.3, -0.25) is 0 Å². The molecule has 1 saturated heterocycles. The summed E-state index contributed by atoms with van der Waals surface area (Å²) in [5, 5.41) is 8.33. The molecule has 0 bridgehead atoms. The van der Waals surface area contributed by atoms with Crippen LogP contribution in [0.4, 0.5) is 0 Å². The molecule has 5 heteroatoms. The van der Waals surface area contributed by atoms with Gasteiger partial charge >= 0.3 is 0 Å². The van der Waals surface area contributed by atoms with Crippen LogP contribution in [0.5, 0.6) is 5.75 Å². The number of fused-ring (bicyclic) bond motifs is 1. The van der Waals surface area contributed by atoms with Gasteiger partial charge in [-0.2, -0.15) is 0 Å². The summed E-state index contributed by atoms with van der Waals surface area (Å²) < 4.78 is 11.2. The van der Waals surface area contributed by atoms with E-state index in [9.17, 15) is 0 Å². The number of benzene rings is 1. The molecule has 1 aliphatic rings. The number of aromatic nitrogens is 1. The maximum atomic E-state index is 5.94. The monoisotopic (exact) mass is 268 g/mol. The Bertz CT molecular complexity index is 521. The van der Waals surface area contributed by atoms with Gasteiger partial charge in [0.2, 0.25) is 0 Å². The molecule has 1 fully saturated rings. The number of hydrogen-bond acceptors (Lipinski definition) is 4. The topological polar surface area (TPSA) is 47.3 Å². The third-order valence-electron chi connectivity index (χ3n) is 3.21. The van der Waals surface area contributed by atoms with E-state index in [0.29, 0.717) is 6.10 Å². The van der Waals surface area contributed by atoms with Gasteiger partial charge in [0.05, 0.1) is 5.69 Å². The summed E-state index contributed by atoms with van der Waals surface area (Å²) >= 11 is 0. The van der Waals surface area contributed by atoms with Crippen LogP contribution in [0.2, 0.25) is 0 Å². The number of halogens is 1. The van der Waals surface area contributed by atoms with Crippen molar-refractivity contribution in [2.75, 3.05) is 13.1 Å². The summed E-state index contributed by atoms with van der Waals surface area (Å²) in [5.74, 6) is 0.876. The summed E-state index contributed by atoms with van der Waals surface area (Å²) in [7, 11) is 0. The van der Waals surface area contributed by atoms with E-state index in [1.165, 1.54) is 0 Å². The van der Waals surface area contributed by atoms with Crippen molar-refractivity contribution < 1.29 is 9.26 Å². The van der Waals surface area contributed by atoms with Crippen LogP contribution in [0.3, 0.4) is 0 Å². The third-order valence-corrected chi connectivity index (χ3v) is 3.21. The zero-order valence-electron chi connectivity index (χ0n) is 10.3. The molecule has 0 atom stereocenters. The first-order valence-electron chi connectivity index (χ1n) is 6.06. The lowest BCUT2D eigenvalue weighted by atomic mass is 10.1. The first-order chi connectivity index (χ1) is 8.33. The Morgan fingerprint density at radius 2 is 2.11 bits per heavy atom. The molecule has 0 spiro atoms. The second-order valence-corrected chi connectivity index (χ2v) is 4.49. The van der Waals surface area contributed by atoms with Crippen LogP contribution in [0.25, 0.3) is 11.0 Å². The van der Waals surface area contributed by atoms with Crippen LogP contribution in [0.15, 0.2) is 22.7 Å². The molecular weight excluding hydrogens is 252 g/mol. The Kier molecular flexibility index (Phi) is 4.09. The van der Waals surface area contributed by atoms with Gasteiger partial charge in [0, 0.05) is 11.5 Å². The lowest BCUT2D eigenvalue weighted by molar-refractivity contribution is 0.162. The predicted octanol–water partition coefficient (Wildman–Crippen LogP) is 2.69. The first-order valence-corrected chi connectivity index (χ1v) is 6.06. The van der Waals surface area contributed by atoms with Gasteiger partial charge in [-0.05, 0) is 45.0 Å². The molecule has 2 heterocycles. The summed E-state index contributed by atoms with van der Waals surface area (Å²) in [6.45, 7) is 4.02. The quantitative estimate of drug-likeness (QED) is 0.910. The van der Waals surface area contributed by atoms with E-state index in [1.807, 2.05) is 25.1 Å². The molecule has 1 N–H and O–H groups in total. The minimum atomic E-state index is 0. The lowest BCUT2D eigenvalue weighted by Gasteiger charge is -2.23. The molecule has 0 saturated carbocycles. The fourth-order valence-corrected chi connectivity index (χ4v) is 2.22. The fourth-order valence-electron chi connectivity index (χ4n) is 2.22. The highest BCUT2D eigenvalue weighted by Crippen LogP contribution is 2.24. The standard InChI is InChI=1S/C13H16N2O2.ClH/c1-9-12-3-2-11(8-13(12)17-15-9)16-10-4-6-14-7-5-10;/h2-3,8,10,14H,4-7H2,1H3;1H. The van der Waals surface area contributed by atoms with E-state index in [2.05, 4.69) is 10.5 Å². The van der Waals surface area contributed by atoms with Crippen molar-refractivity contribution in [1.82, 2.24) is 10.5 Å². The van der Waals surface area contributed by atoms with E-state index in [4.69, 9.17) is 9.26 Å². The molecule has 0 aliphatic carbocycles. The number of nitrogens with zero attached hydrogens (tertiary/aromatic N) is 1. The van der Waals surface area contributed by atoms with Gasteiger partial charge in [0.1, 0.15) is 11.9 Å². The molecule has 98 valence electrons. The van der Waals surface area contributed by atoms with Crippen LogP contribution >= 0.6 is 12.4 Å². The maximum absolute atomic E-state index is 5.94. The molecule has 0 unspecified atom stereocenters. The molecule has 18 heavy (non-hydrogen) atoms. The zero-order valence-corrected chi connectivity index (χ0v) is 11.1. The number of hydrogen-bond donors (Lipinski definition) is 1. The van der Waals surface area contributed by atoms with Gasteiger partial charge in [-0.15, -0.1) is 12.4 Å². The minimum absolute atomic E-state index is 0. The normalized spacial score (nSPS) is 16.5. The first kappa shape index (κ1) is 13.2. The van der Waals surface area contributed by atoms with E-state index in [-0.39, 0.29) is 12.4 Å². The summed E-state index contributed by atoms with van der Waals surface area (Å²) in [6.07, 6.45) is 2.44. The van der Waals surface area contributed by atoms with E-state index >= 15 is 0 Å². The van der Waals surface area contributed by atoms with Crippen LogP contribution in [-0.4, -0.2) is 24.4 Å². The second-order valence-electron chi connectivity index (χ2n) is 4.49. The number of aryl methyl sites for hydroxylation is 1. The minimum Gasteiger partial charge on any atom is -0.490 e. The van der Waals surface area contributed by atoms with E-state index in [1.54, 1.807) is 0 Å². The molecule has 1 aliphatic heterocycles. The molecule has 4 nitrogen and oxygen atoms in total. The largest absolute Gasteiger partial charge is 0.490 e. The number of piperidine rings is 1. The molecule has 0 radical (unpaired) electrons. The Labute approximate surface area is 112 Å². The van der Waals surface area contributed by atoms with Crippen molar-refractivity contribution in [2.45, 2.75) is 25.9 Å². The molecule has 1 aromatic heterocycles. The van der Waals surface area contributed by atoms with Crippen LogP contribution in [0.1, 0.15) is 18.5 Å². The van der Waals surface area contributed by atoms with Crippen molar-refractivity contribution in [2.24, 2.45) is 0 Å². The molecule has 3 rings (SSSR count). The molecule has 2 aromatic rings. The predicted molar refractivity (Wildman–Crippen MR) is 72.5 cm³/mol. The smallest absolute Gasteiger partial charge is 0.170 e. The Balaban J connectivity index is 0.00000120. The van der Waals surface area contributed by atoms with Gasteiger partial charge in [0.25, 0.3) is 0 Å². The van der Waals surface area contributed by atoms with Crippen LogP contribution < -0.4 is 10.1 Å². The van der Waals surface area contributed by atoms with Crippen molar-refractivity contribution in [1.29, 1.82) is 0 Å². The van der Waals surface area contributed by atoms with Crippen LogP contribution in [0, 0.1) is 6.92 Å². The van der Waals surface area contributed by atoms with Gasteiger partial charge in [0.15, 0.2) is 5.58 Å². The lowest BCUT2D eigenvalue weighted by Crippen LogP contribution is -2.34. The van der Waals surface area contributed by atoms with E-state index in [0.717, 1.165) is 48.3 Å². The number of rotatable bonds is 2. The van der Waals surface area contributed by atoms with Crippen molar-refractivity contribution >= 4 is 23.4 Å². The Hall–Kier alpha value is -1.26. The number of nitrogens with one attached hydrogen (secondary N) is 1. The highest BCUT2D eigenvalue weighted by molar-refractivity contribution is 5.85. The SMILES string of the molecule is Cc1noc2cc(OC3CCNCC3)ccc12.Cl. The third kappa shape index (κ3) is 2.60. The fraction of sp³-hybridized carbons (Fsp3) is 0.462. The maximum Gasteiger partial charge on any atom is 0.170 e. The molecule has 0 amide bonds. The second kappa shape index (κ2) is 5.59. The average Bonchev–Trinajstić information content (AvgIpc) is 2.72. The van der Waals surface area contributed by atoms with Crippen molar-refractivity contribution in [3.8, 4) is 5.75 Å². The van der Waals surface area contributed by atoms with Crippen molar-refractivity contribution in [3.05, 3.63) is 23.9 Å². The average molecular weight is 269 g/mol. The zero-order chi connectivity index (χ0) is 11.7. The molecular formula is C13H17ClN2O2. The summed E-state index contributed by atoms with van der Waals surface area (Å²) in [6, 6.07) is 5.93.